The van der Waals surface area contributed by atoms with Crippen LogP contribution in [-0.2, 0) is 9.59 Å². The highest BCUT2D eigenvalue weighted by atomic mass is 32.2. The van der Waals surface area contributed by atoms with Gasteiger partial charge in [0.15, 0.2) is 6.61 Å². The lowest BCUT2D eigenvalue weighted by atomic mass is 9.99. The van der Waals surface area contributed by atoms with Gasteiger partial charge >= 0.3 is 5.97 Å². The number of carboxylic acid groups (broad SMARTS) is 1. The molecule has 19 heavy (non-hydrogen) atoms. The first-order valence-electron chi connectivity index (χ1n) is 5.70. The maximum Gasteiger partial charge on any atom is 0.330 e. The summed E-state index contributed by atoms with van der Waals surface area (Å²) >= 11 is 1.51. The number of thioether (sulfide) groups is 1. The molecule has 0 aromatic carbocycles. The van der Waals surface area contributed by atoms with Crippen molar-refractivity contribution >= 4 is 23.6 Å². The number of carboxylic acids is 1. The van der Waals surface area contributed by atoms with E-state index >= 15 is 0 Å². The number of amides is 1. The summed E-state index contributed by atoms with van der Waals surface area (Å²) in [5.74, 6) is 0.378. The molecule has 2 N–H and O–H groups in total. The highest BCUT2D eigenvalue weighted by Crippen LogP contribution is 2.28. The van der Waals surface area contributed by atoms with E-state index in [4.69, 9.17) is 9.26 Å². The van der Waals surface area contributed by atoms with Gasteiger partial charge in [0.05, 0.1) is 0 Å². The van der Waals surface area contributed by atoms with Gasteiger partial charge in [0, 0.05) is 11.8 Å². The number of rotatable bonds is 5. The average Bonchev–Trinajstić information content (AvgIpc) is 2.97. The topological polar surface area (TPSA) is 102 Å². The van der Waals surface area contributed by atoms with Gasteiger partial charge in [0.1, 0.15) is 11.3 Å². The number of carbonyl (C=O) groups excluding carboxylic acids is 1. The van der Waals surface area contributed by atoms with Gasteiger partial charge in [0.25, 0.3) is 11.8 Å². The molecule has 1 aliphatic heterocycles. The van der Waals surface area contributed by atoms with Crippen molar-refractivity contribution in [2.75, 3.05) is 18.1 Å². The van der Waals surface area contributed by atoms with Gasteiger partial charge < -0.3 is 19.7 Å². The fourth-order valence-electron chi connectivity index (χ4n) is 1.74. The second-order valence-electron chi connectivity index (χ2n) is 4.30. The van der Waals surface area contributed by atoms with Crippen molar-refractivity contribution < 1.29 is 24.0 Å². The number of ether oxygens (including phenoxy) is 1. The van der Waals surface area contributed by atoms with Gasteiger partial charge in [-0.25, -0.2) is 4.79 Å². The van der Waals surface area contributed by atoms with Crippen molar-refractivity contribution in [2.45, 2.75) is 18.9 Å². The van der Waals surface area contributed by atoms with Crippen LogP contribution in [0.5, 0.6) is 5.88 Å². The molecule has 2 heterocycles. The normalized spacial score (nSPS) is 22.2. The molecule has 8 heteroatoms. The van der Waals surface area contributed by atoms with Crippen LogP contribution in [0.2, 0.25) is 0 Å². The first-order valence-corrected chi connectivity index (χ1v) is 6.86. The van der Waals surface area contributed by atoms with E-state index in [1.54, 1.807) is 13.0 Å². The summed E-state index contributed by atoms with van der Waals surface area (Å²) in [5.41, 5.74) is -1.18. The third kappa shape index (κ3) is 3.19. The molecule has 104 valence electrons. The Morgan fingerprint density at radius 2 is 2.47 bits per heavy atom. The molecule has 1 aliphatic rings. The number of nitrogens with zero attached hydrogens (tertiary/aromatic N) is 1. The van der Waals surface area contributed by atoms with E-state index in [2.05, 4.69) is 10.5 Å². The molecule has 0 bridgehead atoms. The predicted molar refractivity (Wildman–Crippen MR) is 67.2 cm³/mol. The van der Waals surface area contributed by atoms with Crippen LogP contribution in [-0.4, -0.2) is 45.8 Å². The van der Waals surface area contributed by atoms with Gasteiger partial charge in [0.2, 0.25) is 0 Å². The Kier molecular flexibility index (Phi) is 3.98. The lowest BCUT2D eigenvalue weighted by molar-refractivity contribution is -0.146. The molecule has 1 atom stereocenters. The van der Waals surface area contributed by atoms with E-state index in [1.165, 1.54) is 11.8 Å². The van der Waals surface area contributed by atoms with Gasteiger partial charge in [-0.1, -0.05) is 0 Å². The summed E-state index contributed by atoms with van der Waals surface area (Å²) in [6.45, 7) is 1.42. The van der Waals surface area contributed by atoms with E-state index in [0.29, 0.717) is 17.9 Å². The predicted octanol–water partition coefficient (Wildman–Crippen LogP) is 0.438. The van der Waals surface area contributed by atoms with Crippen molar-refractivity contribution in [3.63, 3.8) is 0 Å². The van der Waals surface area contributed by atoms with E-state index in [0.717, 1.165) is 5.75 Å². The highest BCUT2D eigenvalue weighted by Gasteiger charge is 2.43. The van der Waals surface area contributed by atoms with E-state index in [-0.39, 0.29) is 12.5 Å². The molecule has 1 amide bonds. The van der Waals surface area contributed by atoms with Crippen LogP contribution in [0.3, 0.4) is 0 Å². The van der Waals surface area contributed by atoms with Crippen LogP contribution in [0.25, 0.3) is 0 Å². The number of hydrogen-bond donors (Lipinski definition) is 2. The molecule has 2 rings (SSSR count). The van der Waals surface area contributed by atoms with E-state index in [9.17, 15) is 14.7 Å². The fraction of sp³-hybridized carbons (Fsp3) is 0.545. The monoisotopic (exact) mass is 286 g/mol. The van der Waals surface area contributed by atoms with Crippen LogP contribution in [0.4, 0.5) is 0 Å². The molecule has 7 nitrogen and oxygen atoms in total. The fourth-order valence-corrected chi connectivity index (χ4v) is 3.07. The Morgan fingerprint density at radius 3 is 3.00 bits per heavy atom. The number of nitrogens with one attached hydrogen (secondary N) is 1. The highest BCUT2D eigenvalue weighted by molar-refractivity contribution is 7.99. The Hall–Kier alpha value is -1.70. The van der Waals surface area contributed by atoms with Crippen LogP contribution >= 0.6 is 11.8 Å². The molecular weight excluding hydrogens is 272 g/mol. The number of aryl methyl sites for hydroxylation is 1. The molecule has 1 unspecified atom stereocenters. The quantitative estimate of drug-likeness (QED) is 0.809. The molecule has 1 aromatic rings. The SMILES string of the molecule is Cc1cc(OCC(=O)NC2(C(=O)O)CCSC2)no1. The third-order valence-electron chi connectivity index (χ3n) is 2.77. The molecule has 1 fully saturated rings. The summed E-state index contributed by atoms with van der Waals surface area (Å²) in [4.78, 5) is 23.0. The number of carbonyl (C=O) groups is 2. The summed E-state index contributed by atoms with van der Waals surface area (Å²) < 4.78 is 9.89. The minimum atomic E-state index is -1.18. The lowest BCUT2D eigenvalue weighted by Gasteiger charge is -2.24. The van der Waals surface area contributed by atoms with Crippen molar-refractivity contribution in [1.82, 2.24) is 10.5 Å². The van der Waals surface area contributed by atoms with Crippen LogP contribution in [0, 0.1) is 6.92 Å². The molecular formula is C11H14N2O5S. The van der Waals surface area contributed by atoms with Crippen molar-refractivity contribution in [3.05, 3.63) is 11.8 Å². The van der Waals surface area contributed by atoms with Crippen molar-refractivity contribution in [3.8, 4) is 5.88 Å². The average molecular weight is 286 g/mol. The second-order valence-corrected chi connectivity index (χ2v) is 5.41. The molecule has 0 saturated carbocycles. The summed E-state index contributed by atoms with van der Waals surface area (Å²) in [6, 6.07) is 1.55. The number of aliphatic carboxylic acids is 1. The Morgan fingerprint density at radius 1 is 1.68 bits per heavy atom. The molecule has 0 aliphatic carbocycles. The van der Waals surface area contributed by atoms with Crippen LogP contribution < -0.4 is 10.1 Å². The summed E-state index contributed by atoms with van der Waals surface area (Å²) in [7, 11) is 0. The van der Waals surface area contributed by atoms with Gasteiger partial charge in [-0.2, -0.15) is 11.8 Å². The van der Waals surface area contributed by atoms with Gasteiger partial charge in [-0.15, -0.1) is 0 Å². The zero-order valence-electron chi connectivity index (χ0n) is 10.3. The van der Waals surface area contributed by atoms with E-state index in [1.807, 2.05) is 0 Å². The third-order valence-corrected chi connectivity index (χ3v) is 3.96. The zero-order valence-corrected chi connectivity index (χ0v) is 11.2. The largest absolute Gasteiger partial charge is 0.479 e. The first-order chi connectivity index (χ1) is 9.02. The Bertz CT molecular complexity index is 481. The van der Waals surface area contributed by atoms with Crippen LogP contribution in [0.1, 0.15) is 12.2 Å². The Balaban J connectivity index is 1.88. The number of aromatic nitrogens is 1. The summed E-state index contributed by atoms with van der Waals surface area (Å²) in [5, 5.41) is 15.3. The van der Waals surface area contributed by atoms with Crippen molar-refractivity contribution in [2.24, 2.45) is 0 Å². The van der Waals surface area contributed by atoms with Gasteiger partial charge in [-0.05, 0) is 24.3 Å². The Labute approximate surface area is 113 Å². The molecule has 1 saturated heterocycles. The first kappa shape index (κ1) is 13.7. The molecule has 0 radical (unpaired) electrons. The molecule has 0 spiro atoms. The maximum atomic E-state index is 11.7. The van der Waals surface area contributed by atoms with E-state index < -0.39 is 17.4 Å². The lowest BCUT2D eigenvalue weighted by Crippen LogP contribution is -2.55. The van der Waals surface area contributed by atoms with Crippen molar-refractivity contribution in [1.29, 1.82) is 0 Å². The smallest absolute Gasteiger partial charge is 0.330 e. The zero-order chi connectivity index (χ0) is 13.9. The second kappa shape index (κ2) is 5.52. The maximum absolute atomic E-state index is 11.7. The molecule has 1 aromatic heterocycles. The van der Waals surface area contributed by atoms with Crippen LogP contribution in [0.15, 0.2) is 10.6 Å². The number of hydrogen-bond acceptors (Lipinski definition) is 6. The van der Waals surface area contributed by atoms with Gasteiger partial charge in [-0.3, -0.25) is 4.79 Å². The summed E-state index contributed by atoms with van der Waals surface area (Å²) in [6.07, 6.45) is 0.418. The standard InChI is InChI=1S/C11H14N2O5S/c1-7-4-9(13-18-7)17-5-8(14)12-11(10(15)16)2-3-19-6-11/h4H,2-3,5-6H2,1H3,(H,12,14)(H,15,16). The minimum absolute atomic E-state index is 0.206. The minimum Gasteiger partial charge on any atom is -0.479 e.